The van der Waals surface area contributed by atoms with Gasteiger partial charge in [0.2, 0.25) is 0 Å². The van der Waals surface area contributed by atoms with Gasteiger partial charge in [0, 0.05) is 4.53 Å². The van der Waals surface area contributed by atoms with Gasteiger partial charge >= 0.3 is 0 Å². The van der Waals surface area contributed by atoms with Crippen LogP contribution in [0.4, 0.5) is 0 Å². The Labute approximate surface area is 211 Å². The molecule has 0 saturated carbocycles. The highest BCUT2D eigenvalue weighted by molar-refractivity contribution is 7.97. The largest absolute Gasteiger partial charge is 0.414 e. The van der Waals surface area contributed by atoms with Gasteiger partial charge in [0.25, 0.3) is 0 Å². The van der Waals surface area contributed by atoms with E-state index >= 15 is 0 Å². The Kier molecular flexibility index (Phi) is 10.0. The van der Waals surface area contributed by atoms with Crippen molar-refractivity contribution in [1.82, 2.24) is 0 Å². The molecule has 1 aromatic rings. The smallest absolute Gasteiger partial charge is 0.198 e. The molecule has 1 aliphatic heterocycles. The third-order valence-electron chi connectivity index (χ3n) is 8.50. The maximum Gasteiger partial charge on any atom is 0.198 e. The van der Waals surface area contributed by atoms with Crippen molar-refractivity contribution in [2.75, 3.05) is 6.61 Å². The summed E-state index contributed by atoms with van der Waals surface area (Å²) in [6.45, 7) is 20.5. The molecule has 0 aliphatic carbocycles. The van der Waals surface area contributed by atoms with Crippen molar-refractivity contribution in [2.45, 2.75) is 115 Å². The molecular weight excluding hydrogens is 477 g/mol. The molecule has 2 rings (SSSR count). The zero-order chi connectivity index (χ0) is 25.8. The summed E-state index contributed by atoms with van der Waals surface area (Å²) in [5.41, 5.74) is 0. The van der Waals surface area contributed by atoms with E-state index in [0.717, 1.165) is 31.0 Å². The van der Waals surface area contributed by atoms with Gasteiger partial charge in [0.1, 0.15) is 8.07 Å². The summed E-state index contributed by atoms with van der Waals surface area (Å²) >= 11 is 0. The minimum atomic E-state index is -3.57. The van der Waals surface area contributed by atoms with Crippen LogP contribution < -0.4 is 0 Å². The average Bonchev–Trinajstić information content (AvgIpc) is 2.79. The number of hydrogen-bond donors (Lipinski definition) is 0. The Morgan fingerprint density at radius 2 is 1.62 bits per heavy atom. The number of hydrogen-bond acceptors (Lipinski definition) is 4. The molecule has 1 heterocycles. The van der Waals surface area contributed by atoms with Crippen LogP contribution in [0, 0.1) is 5.92 Å². The quantitative estimate of drug-likeness (QED) is 0.296. The summed E-state index contributed by atoms with van der Waals surface area (Å²) in [6, 6.07) is 11.7. The molecule has 0 amide bonds. The Hall–Kier alpha value is -0.736. The van der Waals surface area contributed by atoms with Crippen molar-refractivity contribution in [3.8, 4) is 0 Å². The monoisotopic (exact) mass is 524 g/mol. The Morgan fingerprint density at radius 3 is 2.12 bits per heavy atom. The normalized spacial score (nSPS) is 23.2. The number of benzene rings is 1. The van der Waals surface area contributed by atoms with Gasteiger partial charge in [-0.15, -0.1) is 0 Å². The van der Waals surface area contributed by atoms with Gasteiger partial charge in [0.15, 0.2) is 18.2 Å². The van der Waals surface area contributed by atoms with E-state index in [1.807, 2.05) is 24.3 Å². The maximum absolute atomic E-state index is 14.0. The number of rotatable bonds is 10. The van der Waals surface area contributed by atoms with Gasteiger partial charge in [-0.3, -0.25) is 0 Å². The maximum atomic E-state index is 14.0. The molecule has 0 radical (unpaired) electrons. The Balaban J connectivity index is 2.43. The first-order chi connectivity index (χ1) is 15.7. The van der Waals surface area contributed by atoms with Crippen molar-refractivity contribution in [3.05, 3.63) is 40.9 Å². The lowest BCUT2D eigenvalue weighted by molar-refractivity contribution is -0.0727. The summed E-state index contributed by atoms with van der Waals surface area (Å²) in [6.07, 6.45) is 3.80. The third kappa shape index (κ3) is 6.52. The van der Waals surface area contributed by atoms with E-state index in [-0.39, 0.29) is 23.2 Å². The third-order valence-corrected chi connectivity index (χ3v) is 22.0. The standard InChI is InChI=1S/C27H48O4SSi2/c1-10-34(11-2,12-3)26(32(28,29)24-16-14-13-15-17-24)20-25-22(4)18-19-23(31-25)21-30-33(8,9)27(5,6)7/h13-17,20,22-23,25H,10-12,18-19,21H2,1-9H3/b26-20+/t22-,23-,25-/m0/s1. The van der Waals surface area contributed by atoms with Crippen LogP contribution in [0.5, 0.6) is 0 Å². The van der Waals surface area contributed by atoms with Crippen LogP contribution in [0.3, 0.4) is 0 Å². The fourth-order valence-electron chi connectivity index (χ4n) is 4.58. The fraction of sp³-hybridized carbons (Fsp3) is 0.704. The predicted molar refractivity (Wildman–Crippen MR) is 149 cm³/mol. The highest BCUT2D eigenvalue weighted by atomic mass is 32.2. The van der Waals surface area contributed by atoms with Crippen LogP contribution in [0.25, 0.3) is 0 Å². The minimum Gasteiger partial charge on any atom is -0.414 e. The van der Waals surface area contributed by atoms with Gasteiger partial charge in [-0.2, -0.15) is 0 Å². The first-order valence-corrected chi connectivity index (χ1v) is 20.1. The first-order valence-electron chi connectivity index (χ1n) is 13.1. The van der Waals surface area contributed by atoms with Crippen LogP contribution in [0.15, 0.2) is 45.8 Å². The van der Waals surface area contributed by atoms with E-state index in [9.17, 15) is 8.42 Å². The summed E-state index contributed by atoms with van der Waals surface area (Å²) in [4.78, 5) is 0.398. The van der Waals surface area contributed by atoms with Crippen LogP contribution in [0.1, 0.15) is 61.3 Å². The zero-order valence-corrected chi connectivity index (χ0v) is 25.8. The van der Waals surface area contributed by atoms with Gasteiger partial charge in [-0.25, -0.2) is 8.42 Å². The molecule has 194 valence electrons. The molecule has 0 N–H and O–H groups in total. The van der Waals surface area contributed by atoms with E-state index in [4.69, 9.17) is 9.16 Å². The van der Waals surface area contributed by atoms with Crippen molar-refractivity contribution in [3.63, 3.8) is 0 Å². The van der Waals surface area contributed by atoms with E-state index in [2.05, 4.69) is 61.6 Å². The molecule has 1 saturated heterocycles. The van der Waals surface area contributed by atoms with Crippen LogP contribution in [-0.2, 0) is 19.0 Å². The molecule has 1 fully saturated rings. The van der Waals surface area contributed by atoms with E-state index in [0.29, 0.717) is 16.0 Å². The first kappa shape index (κ1) is 29.5. The number of ether oxygens (including phenoxy) is 1. The van der Waals surface area contributed by atoms with Gasteiger partial charge < -0.3 is 9.16 Å². The second-order valence-corrected chi connectivity index (χ2v) is 23.8. The summed E-state index contributed by atoms with van der Waals surface area (Å²) in [7, 11) is -7.64. The molecule has 0 bridgehead atoms. The molecule has 1 aromatic carbocycles. The Morgan fingerprint density at radius 1 is 1.06 bits per heavy atom. The van der Waals surface area contributed by atoms with E-state index < -0.39 is 26.2 Å². The van der Waals surface area contributed by atoms with Crippen molar-refractivity contribution >= 4 is 26.2 Å². The fourth-order valence-corrected chi connectivity index (χ4v) is 13.7. The van der Waals surface area contributed by atoms with Gasteiger partial charge in [-0.1, -0.05) is 84.8 Å². The molecule has 0 unspecified atom stereocenters. The molecule has 0 spiro atoms. The van der Waals surface area contributed by atoms with E-state index in [1.54, 1.807) is 12.1 Å². The van der Waals surface area contributed by atoms with Crippen LogP contribution >= 0.6 is 0 Å². The van der Waals surface area contributed by atoms with Crippen molar-refractivity contribution in [1.29, 1.82) is 0 Å². The van der Waals surface area contributed by atoms with Crippen LogP contribution in [0.2, 0.25) is 36.3 Å². The SMILES string of the molecule is CC[Si](CC)(CC)/C(=C/[C@@H]1O[C@H](CO[Si](C)(C)C(C)(C)C)CC[C@@H]1C)S(=O)(=O)c1ccccc1. The van der Waals surface area contributed by atoms with Crippen molar-refractivity contribution < 1.29 is 17.6 Å². The second kappa shape index (κ2) is 11.5. The molecule has 1 aliphatic rings. The van der Waals surface area contributed by atoms with Crippen molar-refractivity contribution in [2.24, 2.45) is 5.92 Å². The predicted octanol–water partition coefficient (Wildman–Crippen LogP) is 7.60. The van der Waals surface area contributed by atoms with Crippen LogP contribution in [-0.4, -0.2) is 43.6 Å². The number of sulfone groups is 1. The zero-order valence-electron chi connectivity index (χ0n) is 23.0. The lowest BCUT2D eigenvalue weighted by Crippen LogP contribution is -2.45. The molecular formula is C27H48O4SSi2. The molecule has 3 atom stereocenters. The molecule has 4 nitrogen and oxygen atoms in total. The van der Waals surface area contributed by atoms with E-state index in [1.165, 1.54) is 0 Å². The molecule has 7 heteroatoms. The average molecular weight is 525 g/mol. The van der Waals surface area contributed by atoms with Gasteiger partial charge in [-0.05, 0) is 55.1 Å². The van der Waals surface area contributed by atoms with Gasteiger partial charge in [0.05, 0.1) is 23.7 Å². The summed E-state index contributed by atoms with van der Waals surface area (Å²) in [5.74, 6) is 0.280. The summed E-state index contributed by atoms with van der Waals surface area (Å²) in [5, 5.41) is 0.153. The lowest BCUT2D eigenvalue weighted by Gasteiger charge is -2.40. The summed E-state index contributed by atoms with van der Waals surface area (Å²) < 4.78 is 41.7. The minimum absolute atomic E-state index is 0.00759. The molecule has 0 aromatic heterocycles. The second-order valence-electron chi connectivity index (χ2n) is 11.5. The lowest BCUT2D eigenvalue weighted by atomic mass is 9.93. The Bertz CT molecular complexity index is 907. The topological polar surface area (TPSA) is 52.6 Å². The molecule has 34 heavy (non-hydrogen) atoms. The highest BCUT2D eigenvalue weighted by Crippen LogP contribution is 2.39. The highest BCUT2D eigenvalue weighted by Gasteiger charge is 2.42.